The Kier molecular flexibility index (Phi) is 6.01. The molecule has 0 bridgehead atoms. The van der Waals surface area contributed by atoms with Gasteiger partial charge in [-0.3, -0.25) is 19.3 Å². The molecule has 168 valence electrons. The molecule has 4 rings (SSSR count). The van der Waals surface area contributed by atoms with Gasteiger partial charge in [0.1, 0.15) is 0 Å². The fourth-order valence-corrected chi connectivity index (χ4v) is 3.80. The second-order valence-corrected chi connectivity index (χ2v) is 7.82. The van der Waals surface area contributed by atoms with Crippen molar-refractivity contribution in [3.63, 3.8) is 0 Å². The summed E-state index contributed by atoms with van der Waals surface area (Å²) >= 11 is 0.784. The number of hydrogen-bond acceptors (Lipinski definition) is 6. The lowest BCUT2D eigenvalue weighted by Crippen LogP contribution is -2.14. The zero-order valence-electron chi connectivity index (χ0n) is 16.6. The third-order valence-corrected chi connectivity index (χ3v) is 5.60. The summed E-state index contributed by atoms with van der Waals surface area (Å²) in [5, 5.41) is 13.8. The van der Waals surface area contributed by atoms with Gasteiger partial charge in [-0.1, -0.05) is 12.1 Å². The van der Waals surface area contributed by atoms with E-state index in [0.29, 0.717) is 23.2 Å². The Labute approximate surface area is 188 Å². The Bertz CT molecular complexity index is 1310. The molecule has 33 heavy (non-hydrogen) atoms. The van der Waals surface area contributed by atoms with Gasteiger partial charge in [-0.05, 0) is 30.3 Å². The van der Waals surface area contributed by atoms with Crippen LogP contribution >= 0.6 is 11.8 Å². The number of anilines is 1. The van der Waals surface area contributed by atoms with Crippen LogP contribution in [0.3, 0.4) is 0 Å². The van der Waals surface area contributed by atoms with Gasteiger partial charge in [0.15, 0.2) is 0 Å². The molecule has 4 aromatic rings. The van der Waals surface area contributed by atoms with E-state index in [2.05, 4.69) is 15.3 Å². The van der Waals surface area contributed by atoms with Gasteiger partial charge in [0, 0.05) is 35.9 Å². The maximum atomic E-state index is 12.8. The van der Waals surface area contributed by atoms with E-state index in [4.69, 9.17) is 0 Å². The number of hydrogen-bond donors (Lipinski definition) is 1. The van der Waals surface area contributed by atoms with E-state index in [1.807, 2.05) is 12.4 Å². The third-order valence-electron chi connectivity index (χ3n) is 4.54. The van der Waals surface area contributed by atoms with E-state index in [-0.39, 0.29) is 10.6 Å². The Morgan fingerprint density at radius 2 is 1.94 bits per heavy atom. The average Bonchev–Trinajstić information content (AvgIpc) is 3.21. The molecular formula is C21H14F3N5O3S. The molecule has 12 heteroatoms. The number of carbonyl (C=O) groups is 1. The van der Waals surface area contributed by atoms with Crippen LogP contribution < -0.4 is 5.32 Å². The van der Waals surface area contributed by atoms with Crippen molar-refractivity contribution in [1.29, 1.82) is 0 Å². The molecule has 0 saturated heterocycles. The van der Waals surface area contributed by atoms with E-state index in [1.165, 1.54) is 0 Å². The maximum Gasteiger partial charge on any atom is 0.416 e. The molecule has 1 N–H and O–H groups in total. The standard InChI is InChI=1S/C21H14F3N5O3S/c22-21(23,24)14-4-7-18(17(10-14)29(31)32)33-12-19(30)26-15-5-2-13(3-6-15)16-11-28-9-1-8-25-20(28)27-16/h1-11H,12H2,(H,26,30). The van der Waals surface area contributed by atoms with Gasteiger partial charge in [-0.15, -0.1) is 11.8 Å². The maximum absolute atomic E-state index is 12.8. The Balaban J connectivity index is 1.40. The molecule has 0 atom stereocenters. The second-order valence-electron chi connectivity index (χ2n) is 6.80. The molecule has 0 aliphatic heterocycles. The third kappa shape index (κ3) is 5.12. The number of nitro groups is 1. The van der Waals surface area contributed by atoms with Crippen LogP contribution in [0, 0.1) is 10.1 Å². The molecule has 8 nitrogen and oxygen atoms in total. The largest absolute Gasteiger partial charge is 0.416 e. The smallest absolute Gasteiger partial charge is 0.325 e. The molecule has 0 fully saturated rings. The molecular weight excluding hydrogens is 459 g/mol. The minimum Gasteiger partial charge on any atom is -0.325 e. The lowest BCUT2D eigenvalue weighted by Gasteiger charge is -2.09. The van der Waals surface area contributed by atoms with Gasteiger partial charge < -0.3 is 5.32 Å². The number of halogens is 3. The van der Waals surface area contributed by atoms with Crippen molar-refractivity contribution < 1.29 is 22.9 Å². The number of amides is 1. The van der Waals surface area contributed by atoms with Crippen LogP contribution in [0.1, 0.15) is 5.56 Å². The van der Waals surface area contributed by atoms with Crippen molar-refractivity contribution in [1.82, 2.24) is 14.4 Å². The fraction of sp³-hybridized carbons (Fsp3) is 0.0952. The average molecular weight is 473 g/mol. The number of thioether (sulfide) groups is 1. The molecule has 1 amide bonds. The summed E-state index contributed by atoms with van der Waals surface area (Å²) in [4.78, 5) is 31.1. The number of aromatic nitrogens is 3. The highest BCUT2D eigenvalue weighted by Crippen LogP contribution is 2.36. The molecule has 2 aromatic heterocycles. The molecule has 0 aliphatic carbocycles. The Hall–Kier alpha value is -3.93. The van der Waals surface area contributed by atoms with E-state index in [9.17, 15) is 28.1 Å². The number of fused-ring (bicyclic) bond motifs is 1. The topological polar surface area (TPSA) is 102 Å². The molecule has 0 spiro atoms. The van der Waals surface area contributed by atoms with E-state index >= 15 is 0 Å². The van der Waals surface area contributed by atoms with Gasteiger partial charge >= 0.3 is 6.18 Å². The van der Waals surface area contributed by atoms with Crippen LogP contribution in [0.5, 0.6) is 0 Å². The number of benzene rings is 2. The van der Waals surface area contributed by atoms with Gasteiger partial charge in [-0.2, -0.15) is 13.2 Å². The first-order valence-corrected chi connectivity index (χ1v) is 10.4. The van der Waals surface area contributed by atoms with E-state index in [0.717, 1.165) is 29.5 Å². The highest BCUT2D eigenvalue weighted by atomic mass is 32.2. The quantitative estimate of drug-likeness (QED) is 0.239. The van der Waals surface area contributed by atoms with Gasteiger partial charge in [0.2, 0.25) is 11.7 Å². The highest BCUT2D eigenvalue weighted by Gasteiger charge is 2.33. The lowest BCUT2D eigenvalue weighted by atomic mass is 10.1. The number of alkyl halides is 3. The molecule has 0 unspecified atom stereocenters. The summed E-state index contributed by atoms with van der Waals surface area (Å²) in [5.41, 5.74) is 0.191. The van der Waals surface area contributed by atoms with Crippen LogP contribution in [0.25, 0.3) is 17.0 Å². The number of carbonyl (C=O) groups excluding carboxylic acids is 1. The summed E-state index contributed by atoms with van der Waals surface area (Å²) in [7, 11) is 0. The summed E-state index contributed by atoms with van der Waals surface area (Å²) in [6, 6.07) is 10.9. The fourth-order valence-electron chi connectivity index (χ4n) is 2.99. The molecule has 0 radical (unpaired) electrons. The number of nitro benzene ring substituents is 1. The monoisotopic (exact) mass is 473 g/mol. The van der Waals surface area contributed by atoms with Crippen LogP contribution in [-0.2, 0) is 11.0 Å². The highest BCUT2D eigenvalue weighted by molar-refractivity contribution is 8.00. The van der Waals surface area contributed by atoms with Gasteiger partial charge in [-0.25, -0.2) is 9.97 Å². The van der Waals surface area contributed by atoms with Crippen molar-refractivity contribution in [3.05, 3.63) is 82.8 Å². The second kappa shape index (κ2) is 8.90. The summed E-state index contributed by atoms with van der Waals surface area (Å²) in [6.07, 6.45) is 0.592. The first-order chi connectivity index (χ1) is 15.7. The number of imidazole rings is 1. The van der Waals surface area contributed by atoms with Crippen LogP contribution in [0.2, 0.25) is 0 Å². The lowest BCUT2D eigenvalue weighted by molar-refractivity contribution is -0.388. The summed E-state index contributed by atoms with van der Waals surface area (Å²) in [5.74, 6) is -0.121. The van der Waals surface area contributed by atoms with E-state index in [1.54, 1.807) is 40.9 Å². The van der Waals surface area contributed by atoms with Gasteiger partial charge in [0.05, 0.1) is 26.8 Å². The molecule has 2 heterocycles. The first kappa shape index (κ1) is 22.3. The van der Waals surface area contributed by atoms with Crippen LogP contribution in [0.4, 0.5) is 24.5 Å². The number of nitrogens with zero attached hydrogens (tertiary/aromatic N) is 4. The van der Waals surface area contributed by atoms with Crippen molar-refractivity contribution in [2.24, 2.45) is 0 Å². The van der Waals surface area contributed by atoms with Crippen molar-refractivity contribution >= 4 is 34.8 Å². The predicted molar refractivity (Wildman–Crippen MR) is 116 cm³/mol. The Morgan fingerprint density at radius 3 is 2.61 bits per heavy atom. The minimum atomic E-state index is -4.70. The van der Waals surface area contributed by atoms with Crippen molar-refractivity contribution in [2.75, 3.05) is 11.1 Å². The van der Waals surface area contributed by atoms with Gasteiger partial charge in [0.25, 0.3) is 5.69 Å². The SMILES string of the molecule is O=C(CSc1ccc(C(F)(F)F)cc1[N+](=O)[O-])Nc1ccc(-c2cn3cccnc3n2)cc1. The number of rotatable bonds is 6. The van der Waals surface area contributed by atoms with Crippen molar-refractivity contribution in [2.45, 2.75) is 11.1 Å². The van der Waals surface area contributed by atoms with E-state index < -0.39 is 28.3 Å². The normalized spacial score (nSPS) is 11.5. The predicted octanol–water partition coefficient (Wildman–Crippen LogP) is 5.05. The van der Waals surface area contributed by atoms with Crippen LogP contribution in [0.15, 0.2) is 72.0 Å². The summed E-state index contributed by atoms with van der Waals surface area (Å²) in [6.45, 7) is 0. The minimum absolute atomic E-state index is 0.0287. The zero-order valence-corrected chi connectivity index (χ0v) is 17.4. The molecule has 0 aliphatic rings. The van der Waals surface area contributed by atoms with Crippen molar-refractivity contribution in [3.8, 4) is 11.3 Å². The first-order valence-electron chi connectivity index (χ1n) is 9.39. The molecule has 2 aromatic carbocycles. The molecule has 0 saturated carbocycles. The number of nitrogens with one attached hydrogen (secondary N) is 1. The summed E-state index contributed by atoms with van der Waals surface area (Å²) < 4.78 is 40.2. The zero-order chi connectivity index (χ0) is 23.6. The Morgan fingerprint density at radius 1 is 1.18 bits per heavy atom. The van der Waals surface area contributed by atoms with Crippen LogP contribution in [-0.4, -0.2) is 31.0 Å².